The first kappa shape index (κ1) is 16.9. The molecule has 1 saturated heterocycles. The van der Waals surface area contributed by atoms with Crippen LogP contribution in [0.15, 0.2) is 6.07 Å². The lowest BCUT2D eigenvalue weighted by molar-refractivity contribution is 0.233. The van der Waals surface area contributed by atoms with Gasteiger partial charge in [-0.05, 0) is 45.5 Å². The number of aryl methyl sites for hydroxylation is 1. The van der Waals surface area contributed by atoms with E-state index in [0.29, 0.717) is 19.1 Å². The van der Waals surface area contributed by atoms with Gasteiger partial charge in [-0.3, -0.25) is 4.68 Å². The van der Waals surface area contributed by atoms with E-state index in [0.717, 1.165) is 44.0 Å². The molecule has 0 radical (unpaired) electrons. The van der Waals surface area contributed by atoms with Gasteiger partial charge in [0.05, 0.1) is 24.2 Å². The van der Waals surface area contributed by atoms with Gasteiger partial charge in [0, 0.05) is 25.7 Å². The summed E-state index contributed by atoms with van der Waals surface area (Å²) in [6.45, 7) is 4.83. The van der Waals surface area contributed by atoms with Crippen LogP contribution in [-0.4, -0.2) is 66.4 Å². The van der Waals surface area contributed by atoms with Crippen LogP contribution in [0.4, 0.5) is 0 Å². The fraction of sp³-hybridized carbons (Fsp3) is 0.800. The molecule has 23 heavy (non-hydrogen) atoms. The molecule has 3 rings (SSSR count). The molecule has 1 aromatic rings. The standard InChI is InChI=1S/C15H27N5O2S/c1-18-8-4-13(5-9-18)16-11-14-10-15-12-19(23(2,21)22)6-3-7-20(15)17-14/h10,13,16H,3-9,11-12H2,1-2H3. The molecule has 0 aliphatic carbocycles. The average molecular weight is 341 g/mol. The zero-order chi connectivity index (χ0) is 16.4. The fourth-order valence-corrected chi connectivity index (χ4v) is 4.15. The molecule has 0 saturated carbocycles. The lowest BCUT2D eigenvalue weighted by atomic mass is 10.1. The molecule has 7 nitrogen and oxygen atoms in total. The Kier molecular flexibility index (Phi) is 5.05. The Morgan fingerprint density at radius 1 is 1.26 bits per heavy atom. The summed E-state index contributed by atoms with van der Waals surface area (Å²) < 4.78 is 27.1. The molecule has 1 N–H and O–H groups in total. The second kappa shape index (κ2) is 6.88. The van der Waals surface area contributed by atoms with Gasteiger partial charge >= 0.3 is 0 Å². The Bertz CT molecular complexity index is 634. The van der Waals surface area contributed by atoms with E-state index >= 15 is 0 Å². The van der Waals surface area contributed by atoms with E-state index < -0.39 is 10.0 Å². The van der Waals surface area contributed by atoms with Crippen molar-refractivity contribution in [3.63, 3.8) is 0 Å². The fourth-order valence-electron chi connectivity index (χ4n) is 3.32. The molecule has 0 aromatic carbocycles. The number of rotatable bonds is 4. The molecule has 0 unspecified atom stereocenters. The molecule has 1 fully saturated rings. The first-order valence-corrected chi connectivity index (χ1v) is 10.2. The number of nitrogens with one attached hydrogen (secondary N) is 1. The molecule has 0 bridgehead atoms. The third-order valence-corrected chi connectivity index (χ3v) is 6.04. The molecule has 0 amide bonds. The summed E-state index contributed by atoms with van der Waals surface area (Å²) in [5.41, 5.74) is 2.00. The highest BCUT2D eigenvalue weighted by Gasteiger charge is 2.23. The van der Waals surface area contributed by atoms with Gasteiger partial charge in [-0.15, -0.1) is 0 Å². The van der Waals surface area contributed by atoms with Gasteiger partial charge < -0.3 is 10.2 Å². The largest absolute Gasteiger partial charge is 0.308 e. The predicted octanol–water partition coefficient (Wildman–Crippen LogP) is 0.232. The highest BCUT2D eigenvalue weighted by Crippen LogP contribution is 2.16. The van der Waals surface area contributed by atoms with Gasteiger partial charge in [-0.25, -0.2) is 8.42 Å². The van der Waals surface area contributed by atoms with Crippen LogP contribution in [0.5, 0.6) is 0 Å². The van der Waals surface area contributed by atoms with E-state index in [1.54, 1.807) is 4.31 Å². The lowest BCUT2D eigenvalue weighted by Crippen LogP contribution is -2.40. The van der Waals surface area contributed by atoms with Crippen LogP contribution in [0.1, 0.15) is 30.7 Å². The van der Waals surface area contributed by atoms with Crippen molar-refractivity contribution >= 4 is 10.0 Å². The first-order chi connectivity index (χ1) is 10.9. The molecule has 0 spiro atoms. The van der Waals surface area contributed by atoms with E-state index in [1.807, 2.05) is 10.7 Å². The number of sulfonamides is 1. The van der Waals surface area contributed by atoms with Crippen molar-refractivity contribution in [2.45, 2.75) is 44.9 Å². The summed E-state index contributed by atoms with van der Waals surface area (Å²) in [4.78, 5) is 2.36. The molecule has 1 aromatic heterocycles. The van der Waals surface area contributed by atoms with Gasteiger partial charge in [0.2, 0.25) is 10.0 Å². The molecule has 130 valence electrons. The zero-order valence-electron chi connectivity index (χ0n) is 14.0. The van der Waals surface area contributed by atoms with Crippen LogP contribution >= 0.6 is 0 Å². The Labute approximate surface area is 138 Å². The second-order valence-electron chi connectivity index (χ2n) is 6.76. The highest BCUT2D eigenvalue weighted by molar-refractivity contribution is 7.88. The van der Waals surface area contributed by atoms with Crippen LogP contribution in [0.25, 0.3) is 0 Å². The minimum Gasteiger partial charge on any atom is -0.308 e. The summed E-state index contributed by atoms with van der Waals surface area (Å²) in [7, 11) is -0.982. The number of nitrogens with zero attached hydrogens (tertiary/aromatic N) is 4. The molecule has 2 aliphatic rings. The number of likely N-dealkylation sites (tertiary alicyclic amines) is 1. The number of piperidine rings is 1. The van der Waals surface area contributed by atoms with E-state index in [-0.39, 0.29) is 0 Å². The quantitative estimate of drug-likeness (QED) is 0.849. The minimum absolute atomic E-state index is 0.431. The number of hydrogen-bond donors (Lipinski definition) is 1. The van der Waals surface area contributed by atoms with E-state index in [1.165, 1.54) is 19.1 Å². The van der Waals surface area contributed by atoms with Crippen LogP contribution in [-0.2, 0) is 29.7 Å². The maximum Gasteiger partial charge on any atom is 0.211 e. The van der Waals surface area contributed by atoms with Crippen molar-refractivity contribution in [2.24, 2.45) is 0 Å². The summed E-state index contributed by atoms with van der Waals surface area (Å²) >= 11 is 0. The summed E-state index contributed by atoms with van der Waals surface area (Å²) in [5, 5.41) is 8.24. The van der Waals surface area contributed by atoms with Crippen molar-refractivity contribution in [1.82, 2.24) is 24.3 Å². The van der Waals surface area contributed by atoms with Gasteiger partial charge in [-0.1, -0.05) is 0 Å². The van der Waals surface area contributed by atoms with Crippen molar-refractivity contribution in [2.75, 3.05) is 32.9 Å². The lowest BCUT2D eigenvalue weighted by Gasteiger charge is -2.29. The number of fused-ring (bicyclic) bond motifs is 1. The monoisotopic (exact) mass is 341 g/mol. The highest BCUT2D eigenvalue weighted by atomic mass is 32.2. The summed E-state index contributed by atoms with van der Waals surface area (Å²) in [6.07, 6.45) is 4.43. The van der Waals surface area contributed by atoms with Gasteiger partial charge in [0.15, 0.2) is 0 Å². The Morgan fingerprint density at radius 2 is 2.00 bits per heavy atom. The van der Waals surface area contributed by atoms with Gasteiger partial charge in [0.25, 0.3) is 0 Å². The normalized spacial score (nSPS) is 22.0. The van der Waals surface area contributed by atoms with Crippen LogP contribution in [0, 0.1) is 0 Å². The summed E-state index contributed by atoms with van der Waals surface area (Å²) in [5.74, 6) is 0. The van der Waals surface area contributed by atoms with E-state index in [2.05, 4.69) is 22.4 Å². The van der Waals surface area contributed by atoms with Crippen molar-refractivity contribution in [1.29, 1.82) is 0 Å². The minimum atomic E-state index is -3.15. The van der Waals surface area contributed by atoms with Gasteiger partial charge in [0.1, 0.15) is 0 Å². The molecule has 8 heteroatoms. The van der Waals surface area contributed by atoms with Crippen LogP contribution in [0.3, 0.4) is 0 Å². The Hall–Kier alpha value is -0.960. The topological polar surface area (TPSA) is 70.5 Å². The van der Waals surface area contributed by atoms with E-state index in [9.17, 15) is 8.42 Å². The second-order valence-corrected chi connectivity index (χ2v) is 8.74. The van der Waals surface area contributed by atoms with Crippen molar-refractivity contribution < 1.29 is 8.42 Å². The number of hydrogen-bond acceptors (Lipinski definition) is 5. The maximum atomic E-state index is 11.8. The van der Waals surface area contributed by atoms with Crippen LogP contribution in [0.2, 0.25) is 0 Å². The molecule has 3 heterocycles. The maximum absolute atomic E-state index is 11.8. The Balaban J connectivity index is 1.61. The molecule has 2 aliphatic heterocycles. The van der Waals surface area contributed by atoms with E-state index in [4.69, 9.17) is 0 Å². The zero-order valence-corrected chi connectivity index (χ0v) is 14.8. The summed E-state index contributed by atoms with van der Waals surface area (Å²) in [6, 6.07) is 2.60. The number of aromatic nitrogens is 2. The third kappa shape index (κ3) is 4.32. The van der Waals surface area contributed by atoms with Crippen LogP contribution < -0.4 is 5.32 Å². The van der Waals surface area contributed by atoms with Crippen molar-refractivity contribution in [3.05, 3.63) is 17.5 Å². The molecular formula is C15H27N5O2S. The smallest absolute Gasteiger partial charge is 0.211 e. The molecular weight excluding hydrogens is 314 g/mol. The van der Waals surface area contributed by atoms with Gasteiger partial charge in [-0.2, -0.15) is 9.40 Å². The predicted molar refractivity (Wildman–Crippen MR) is 89.5 cm³/mol. The van der Waals surface area contributed by atoms with Crippen molar-refractivity contribution in [3.8, 4) is 0 Å². The molecule has 0 atom stereocenters. The average Bonchev–Trinajstić information content (AvgIpc) is 2.76. The third-order valence-electron chi connectivity index (χ3n) is 4.79. The Morgan fingerprint density at radius 3 is 2.70 bits per heavy atom. The first-order valence-electron chi connectivity index (χ1n) is 8.34. The SMILES string of the molecule is CN1CCC(NCc2cc3n(n2)CCCN(S(C)(=O)=O)C3)CC1.